The zero-order valence-corrected chi connectivity index (χ0v) is 16.9. The number of halogens is 3. The van der Waals surface area contributed by atoms with Crippen molar-refractivity contribution in [2.75, 3.05) is 18.4 Å². The topological polar surface area (TPSA) is 108 Å². The quantitative estimate of drug-likeness (QED) is 0.661. The number of imide groups is 1. The van der Waals surface area contributed by atoms with Crippen LogP contribution in [0.5, 0.6) is 0 Å². The highest BCUT2D eigenvalue weighted by molar-refractivity contribution is 6.06. The fourth-order valence-electron chi connectivity index (χ4n) is 4.19. The molecule has 0 aliphatic carbocycles. The molecule has 32 heavy (non-hydrogen) atoms. The second kappa shape index (κ2) is 8.41. The third-order valence-corrected chi connectivity index (χ3v) is 5.82. The summed E-state index contributed by atoms with van der Waals surface area (Å²) in [6.07, 6.45) is -3.98. The van der Waals surface area contributed by atoms with Gasteiger partial charge in [0.15, 0.2) is 0 Å². The van der Waals surface area contributed by atoms with Crippen LogP contribution in [0.1, 0.15) is 41.6 Å². The number of alkyl halides is 3. The number of hydroxylamine groups is 2. The minimum Gasteiger partial charge on any atom is -0.382 e. The molecule has 4 rings (SSSR count). The van der Waals surface area contributed by atoms with Crippen LogP contribution < -0.4 is 10.6 Å². The Labute approximate surface area is 180 Å². The van der Waals surface area contributed by atoms with Crippen molar-refractivity contribution < 1.29 is 37.2 Å². The highest BCUT2D eigenvalue weighted by Crippen LogP contribution is 2.34. The maximum absolute atomic E-state index is 13.0. The summed E-state index contributed by atoms with van der Waals surface area (Å²) in [6, 6.07) is 4.16. The number of amides is 3. The van der Waals surface area contributed by atoms with Crippen LogP contribution in [-0.4, -0.2) is 65.0 Å². The molecular weight excluding hydrogens is 433 g/mol. The van der Waals surface area contributed by atoms with Crippen LogP contribution in [0.3, 0.4) is 0 Å². The Balaban J connectivity index is 1.52. The van der Waals surface area contributed by atoms with E-state index in [1.165, 1.54) is 4.90 Å². The molecule has 0 spiro atoms. The largest absolute Gasteiger partial charge is 0.493 e. The lowest BCUT2D eigenvalue weighted by atomic mass is 10.0. The Hall–Kier alpha value is -3.15. The number of nitrogens with zero attached hydrogens (tertiary/aromatic N) is 2. The van der Waals surface area contributed by atoms with Gasteiger partial charge in [-0.1, -0.05) is 6.07 Å². The Kier molecular flexibility index (Phi) is 5.80. The van der Waals surface area contributed by atoms with Gasteiger partial charge in [0.25, 0.3) is 17.7 Å². The summed E-state index contributed by atoms with van der Waals surface area (Å²) >= 11 is 0. The molecule has 0 aromatic heterocycles. The summed E-state index contributed by atoms with van der Waals surface area (Å²) in [7, 11) is 0. The van der Waals surface area contributed by atoms with Crippen molar-refractivity contribution in [1.29, 1.82) is 0 Å². The van der Waals surface area contributed by atoms with Crippen LogP contribution in [0.2, 0.25) is 0 Å². The highest BCUT2D eigenvalue weighted by Gasteiger charge is 2.49. The Morgan fingerprint density at radius 1 is 1.12 bits per heavy atom. The SMILES string of the molecule is O=C1CCC(N2Cc3c(NC4CCNCC4)cccc3C2=O)C(=O)N1OC(=O)C(F)(F)F. The lowest BCUT2D eigenvalue weighted by molar-refractivity contribution is -0.238. The number of carbonyl (C=O) groups is 4. The van der Waals surface area contributed by atoms with Gasteiger partial charge in [0.2, 0.25) is 0 Å². The second-order valence-electron chi connectivity index (χ2n) is 7.89. The minimum atomic E-state index is -5.37. The van der Waals surface area contributed by atoms with Gasteiger partial charge in [0.1, 0.15) is 6.04 Å². The zero-order valence-electron chi connectivity index (χ0n) is 16.9. The van der Waals surface area contributed by atoms with Gasteiger partial charge in [-0.05, 0) is 44.5 Å². The lowest BCUT2D eigenvalue weighted by Gasteiger charge is -2.34. The first-order chi connectivity index (χ1) is 15.2. The van der Waals surface area contributed by atoms with Gasteiger partial charge in [-0.3, -0.25) is 14.4 Å². The van der Waals surface area contributed by atoms with E-state index in [4.69, 9.17) is 0 Å². The molecule has 0 radical (unpaired) electrons. The van der Waals surface area contributed by atoms with Gasteiger partial charge in [-0.2, -0.15) is 13.2 Å². The average molecular weight is 454 g/mol. The van der Waals surface area contributed by atoms with Crippen LogP contribution in [0.15, 0.2) is 18.2 Å². The fraction of sp³-hybridized carbons (Fsp3) is 0.500. The van der Waals surface area contributed by atoms with E-state index in [1.807, 2.05) is 6.07 Å². The monoisotopic (exact) mass is 454 g/mol. The molecule has 1 unspecified atom stereocenters. The smallest absolute Gasteiger partial charge is 0.382 e. The molecule has 3 aliphatic heterocycles. The van der Waals surface area contributed by atoms with Crippen LogP contribution in [0.4, 0.5) is 18.9 Å². The molecule has 1 aromatic rings. The fourth-order valence-corrected chi connectivity index (χ4v) is 4.19. The van der Waals surface area contributed by atoms with Crippen molar-refractivity contribution in [1.82, 2.24) is 15.3 Å². The molecule has 2 N–H and O–H groups in total. The summed E-state index contributed by atoms with van der Waals surface area (Å²) in [5.74, 6) is -5.39. The van der Waals surface area contributed by atoms with E-state index in [-0.39, 0.29) is 30.5 Å². The highest BCUT2D eigenvalue weighted by atomic mass is 19.4. The van der Waals surface area contributed by atoms with Gasteiger partial charge in [0, 0.05) is 35.8 Å². The average Bonchev–Trinajstić information content (AvgIpc) is 3.08. The summed E-state index contributed by atoms with van der Waals surface area (Å²) in [5, 5.41) is 6.53. The van der Waals surface area contributed by atoms with E-state index < -0.39 is 35.9 Å². The molecular formula is C20H21F3N4O5. The number of nitrogens with one attached hydrogen (secondary N) is 2. The van der Waals surface area contributed by atoms with E-state index in [2.05, 4.69) is 15.5 Å². The van der Waals surface area contributed by atoms with Gasteiger partial charge >= 0.3 is 12.1 Å². The summed E-state index contributed by atoms with van der Waals surface area (Å²) in [6.45, 7) is 1.79. The van der Waals surface area contributed by atoms with E-state index in [1.54, 1.807) is 12.1 Å². The van der Waals surface area contributed by atoms with Gasteiger partial charge in [0.05, 0.1) is 0 Å². The first-order valence-corrected chi connectivity index (χ1v) is 10.2. The Morgan fingerprint density at radius 3 is 2.53 bits per heavy atom. The zero-order chi connectivity index (χ0) is 23.0. The molecule has 3 aliphatic rings. The molecule has 1 atom stereocenters. The van der Waals surface area contributed by atoms with Gasteiger partial charge in [-0.25, -0.2) is 4.79 Å². The summed E-state index contributed by atoms with van der Waals surface area (Å²) in [5.41, 5.74) is 1.82. The molecule has 1 aromatic carbocycles. The minimum absolute atomic E-state index is 0.0496. The van der Waals surface area contributed by atoms with Crippen molar-refractivity contribution in [3.63, 3.8) is 0 Å². The van der Waals surface area contributed by atoms with Crippen molar-refractivity contribution in [3.8, 4) is 0 Å². The maximum Gasteiger partial charge on any atom is 0.493 e. The normalized spacial score (nSPS) is 22.2. The number of rotatable bonds is 4. The summed E-state index contributed by atoms with van der Waals surface area (Å²) in [4.78, 5) is 54.0. The number of hydrogen-bond donors (Lipinski definition) is 2. The van der Waals surface area contributed by atoms with Crippen molar-refractivity contribution >= 4 is 29.4 Å². The van der Waals surface area contributed by atoms with E-state index in [0.717, 1.165) is 31.6 Å². The van der Waals surface area contributed by atoms with E-state index in [0.29, 0.717) is 11.1 Å². The van der Waals surface area contributed by atoms with Crippen LogP contribution in [-0.2, 0) is 25.8 Å². The summed E-state index contributed by atoms with van der Waals surface area (Å²) < 4.78 is 37.6. The third-order valence-electron chi connectivity index (χ3n) is 5.82. The molecule has 12 heteroatoms. The molecule has 9 nitrogen and oxygen atoms in total. The number of carbonyl (C=O) groups excluding carboxylic acids is 4. The molecule has 0 bridgehead atoms. The van der Waals surface area contributed by atoms with E-state index >= 15 is 0 Å². The second-order valence-corrected chi connectivity index (χ2v) is 7.89. The molecule has 0 saturated carbocycles. The molecule has 3 heterocycles. The first-order valence-electron chi connectivity index (χ1n) is 10.2. The Bertz CT molecular complexity index is 961. The number of hydrogen-bond acceptors (Lipinski definition) is 7. The van der Waals surface area contributed by atoms with Crippen molar-refractivity contribution in [3.05, 3.63) is 29.3 Å². The van der Waals surface area contributed by atoms with E-state index in [9.17, 15) is 32.3 Å². The van der Waals surface area contributed by atoms with Crippen molar-refractivity contribution in [2.24, 2.45) is 0 Å². The van der Waals surface area contributed by atoms with Gasteiger partial charge in [-0.15, -0.1) is 5.06 Å². The Morgan fingerprint density at radius 2 is 1.84 bits per heavy atom. The number of anilines is 1. The van der Waals surface area contributed by atoms with Crippen molar-refractivity contribution in [2.45, 2.75) is 50.5 Å². The van der Waals surface area contributed by atoms with Gasteiger partial charge < -0.3 is 20.4 Å². The van der Waals surface area contributed by atoms with Crippen LogP contribution >= 0.6 is 0 Å². The molecule has 3 amide bonds. The number of benzene rings is 1. The number of fused-ring (bicyclic) bond motifs is 1. The molecule has 2 fully saturated rings. The van der Waals surface area contributed by atoms with Crippen LogP contribution in [0, 0.1) is 0 Å². The predicted molar refractivity (Wildman–Crippen MR) is 103 cm³/mol. The number of piperidine rings is 2. The lowest BCUT2D eigenvalue weighted by Crippen LogP contribution is -2.55. The molecule has 2 saturated heterocycles. The standard InChI is InChI=1S/C20H21F3N4O5/c21-20(22,23)19(31)32-27-16(28)5-4-15(18(27)30)26-10-13-12(17(26)29)2-1-3-14(13)25-11-6-8-24-9-7-11/h1-3,11,15,24-25H,4-10H2. The predicted octanol–water partition coefficient (Wildman–Crippen LogP) is 1.34. The molecule has 172 valence electrons. The maximum atomic E-state index is 13.0. The van der Waals surface area contributed by atoms with Crippen LogP contribution in [0.25, 0.3) is 0 Å². The third kappa shape index (κ3) is 4.14. The first kappa shape index (κ1) is 22.1.